The highest BCUT2D eigenvalue weighted by atomic mass is 35.5. The summed E-state index contributed by atoms with van der Waals surface area (Å²) in [6.45, 7) is 2.00. The third-order valence-electron chi connectivity index (χ3n) is 3.10. The van der Waals surface area contributed by atoms with Crippen molar-refractivity contribution in [2.24, 2.45) is 0 Å². The van der Waals surface area contributed by atoms with Gasteiger partial charge in [0.25, 0.3) is 0 Å². The average Bonchev–Trinajstić information content (AvgIpc) is 2.78. The standard InChI is InChI=1S/C12H12ClNO/c1-7-6-8-10(14-7)3-2-9(11(8)13)12(15)4-5-12/h2-3,6,14-15H,4-5H2,1H3. The van der Waals surface area contributed by atoms with E-state index in [0.29, 0.717) is 5.02 Å². The highest BCUT2D eigenvalue weighted by Gasteiger charge is 2.43. The molecule has 1 aromatic heterocycles. The Morgan fingerprint density at radius 1 is 1.40 bits per heavy atom. The van der Waals surface area contributed by atoms with E-state index in [2.05, 4.69) is 4.98 Å². The van der Waals surface area contributed by atoms with E-state index < -0.39 is 5.60 Å². The number of aryl methyl sites for hydroxylation is 1. The summed E-state index contributed by atoms with van der Waals surface area (Å²) in [5.41, 5.74) is 2.34. The molecule has 1 heterocycles. The van der Waals surface area contributed by atoms with Crippen molar-refractivity contribution in [1.29, 1.82) is 0 Å². The molecular formula is C12H12ClNO. The number of hydrogen-bond acceptors (Lipinski definition) is 1. The number of halogens is 1. The van der Waals surface area contributed by atoms with E-state index in [-0.39, 0.29) is 0 Å². The molecule has 0 radical (unpaired) electrons. The second kappa shape index (κ2) is 2.77. The lowest BCUT2D eigenvalue weighted by Crippen LogP contribution is -2.04. The fraction of sp³-hybridized carbons (Fsp3) is 0.333. The van der Waals surface area contributed by atoms with Crippen LogP contribution in [0.2, 0.25) is 5.02 Å². The van der Waals surface area contributed by atoms with Crippen molar-refractivity contribution >= 4 is 22.5 Å². The minimum atomic E-state index is -0.656. The Bertz CT molecular complexity index is 540. The van der Waals surface area contributed by atoms with Crippen molar-refractivity contribution < 1.29 is 5.11 Å². The van der Waals surface area contributed by atoms with Crippen LogP contribution in [0.15, 0.2) is 18.2 Å². The zero-order chi connectivity index (χ0) is 10.6. The number of H-pyrrole nitrogens is 1. The molecular weight excluding hydrogens is 210 g/mol. The van der Waals surface area contributed by atoms with Gasteiger partial charge in [-0.25, -0.2) is 0 Å². The number of fused-ring (bicyclic) bond motifs is 1. The third kappa shape index (κ3) is 1.29. The molecule has 2 N–H and O–H groups in total. The van der Waals surface area contributed by atoms with Crippen LogP contribution in [0.4, 0.5) is 0 Å². The van der Waals surface area contributed by atoms with Gasteiger partial charge in [0.1, 0.15) is 0 Å². The van der Waals surface area contributed by atoms with Gasteiger partial charge in [-0.1, -0.05) is 17.7 Å². The molecule has 1 aliphatic carbocycles. The Balaban J connectivity index is 2.29. The minimum Gasteiger partial charge on any atom is -0.385 e. The Labute approximate surface area is 92.9 Å². The van der Waals surface area contributed by atoms with Gasteiger partial charge in [-0.3, -0.25) is 0 Å². The van der Waals surface area contributed by atoms with Gasteiger partial charge in [-0.2, -0.15) is 0 Å². The molecule has 78 valence electrons. The first kappa shape index (κ1) is 9.25. The maximum Gasteiger partial charge on any atom is 0.0913 e. The molecule has 3 heteroatoms. The molecule has 1 aliphatic rings. The summed E-state index contributed by atoms with van der Waals surface area (Å²) < 4.78 is 0. The molecule has 0 bridgehead atoms. The van der Waals surface area contributed by atoms with Crippen LogP contribution in [-0.4, -0.2) is 10.1 Å². The fourth-order valence-electron chi connectivity index (χ4n) is 2.06. The van der Waals surface area contributed by atoms with Crippen molar-refractivity contribution in [2.75, 3.05) is 0 Å². The van der Waals surface area contributed by atoms with E-state index >= 15 is 0 Å². The van der Waals surface area contributed by atoms with Crippen LogP contribution in [0.25, 0.3) is 10.9 Å². The second-order valence-electron chi connectivity index (χ2n) is 4.37. The van der Waals surface area contributed by atoms with E-state index in [1.54, 1.807) is 0 Å². The van der Waals surface area contributed by atoms with E-state index in [9.17, 15) is 5.11 Å². The Kier molecular flexibility index (Phi) is 1.71. The molecule has 1 aromatic carbocycles. The van der Waals surface area contributed by atoms with Crippen LogP contribution in [-0.2, 0) is 5.60 Å². The predicted molar refractivity (Wildman–Crippen MR) is 61.2 cm³/mol. The van der Waals surface area contributed by atoms with Crippen LogP contribution in [0, 0.1) is 6.92 Å². The highest BCUT2D eigenvalue weighted by Crippen LogP contribution is 2.49. The average molecular weight is 222 g/mol. The Morgan fingerprint density at radius 3 is 2.80 bits per heavy atom. The van der Waals surface area contributed by atoms with Crippen molar-refractivity contribution in [3.05, 3.63) is 34.5 Å². The maximum atomic E-state index is 10.1. The second-order valence-corrected chi connectivity index (χ2v) is 4.75. The lowest BCUT2D eigenvalue weighted by molar-refractivity contribution is 0.152. The van der Waals surface area contributed by atoms with Gasteiger partial charge in [0.15, 0.2) is 0 Å². The first-order valence-corrected chi connectivity index (χ1v) is 5.49. The highest BCUT2D eigenvalue weighted by molar-refractivity contribution is 6.36. The lowest BCUT2D eigenvalue weighted by atomic mass is 10.1. The van der Waals surface area contributed by atoms with Crippen LogP contribution in [0.3, 0.4) is 0 Å². The quantitative estimate of drug-likeness (QED) is 0.763. The number of aromatic amines is 1. The van der Waals surface area contributed by atoms with Crippen LogP contribution >= 0.6 is 11.6 Å². The van der Waals surface area contributed by atoms with Crippen molar-refractivity contribution in [1.82, 2.24) is 4.98 Å². The summed E-state index contributed by atoms with van der Waals surface area (Å²) in [6, 6.07) is 5.93. The molecule has 15 heavy (non-hydrogen) atoms. The molecule has 0 aliphatic heterocycles. The van der Waals surface area contributed by atoms with Gasteiger partial charge in [0.2, 0.25) is 0 Å². The first-order valence-electron chi connectivity index (χ1n) is 5.11. The number of benzene rings is 1. The van der Waals surface area contributed by atoms with E-state index in [0.717, 1.165) is 35.0 Å². The summed E-state index contributed by atoms with van der Waals surface area (Å²) in [6.07, 6.45) is 1.64. The minimum absolute atomic E-state index is 0.656. The van der Waals surface area contributed by atoms with Gasteiger partial charge in [-0.05, 0) is 31.9 Å². The number of aliphatic hydroxyl groups is 1. The summed E-state index contributed by atoms with van der Waals surface area (Å²) in [4.78, 5) is 3.23. The van der Waals surface area contributed by atoms with Gasteiger partial charge >= 0.3 is 0 Å². The summed E-state index contributed by atoms with van der Waals surface area (Å²) in [7, 11) is 0. The van der Waals surface area contributed by atoms with Crippen LogP contribution < -0.4 is 0 Å². The van der Waals surface area contributed by atoms with Crippen LogP contribution in [0.1, 0.15) is 24.1 Å². The molecule has 3 rings (SSSR count). The molecule has 1 fully saturated rings. The van der Waals surface area contributed by atoms with Gasteiger partial charge in [-0.15, -0.1) is 0 Å². The van der Waals surface area contributed by atoms with E-state index in [1.807, 2.05) is 25.1 Å². The monoisotopic (exact) mass is 221 g/mol. The first-order chi connectivity index (χ1) is 7.10. The van der Waals surface area contributed by atoms with Crippen LogP contribution in [0.5, 0.6) is 0 Å². The SMILES string of the molecule is Cc1cc2c(Cl)c(C3(O)CC3)ccc2[nH]1. The molecule has 2 nitrogen and oxygen atoms in total. The topological polar surface area (TPSA) is 36.0 Å². The van der Waals surface area contributed by atoms with Crippen molar-refractivity contribution in [3.63, 3.8) is 0 Å². The lowest BCUT2D eigenvalue weighted by Gasteiger charge is -2.10. The number of nitrogens with one attached hydrogen (secondary N) is 1. The molecule has 2 aromatic rings. The molecule has 0 atom stereocenters. The number of hydrogen-bond donors (Lipinski definition) is 2. The zero-order valence-corrected chi connectivity index (χ0v) is 9.23. The van der Waals surface area contributed by atoms with E-state index in [1.165, 1.54) is 0 Å². The summed E-state index contributed by atoms with van der Waals surface area (Å²) in [5, 5.41) is 11.8. The molecule has 0 saturated heterocycles. The fourth-order valence-corrected chi connectivity index (χ4v) is 2.45. The molecule has 0 amide bonds. The predicted octanol–water partition coefficient (Wildman–Crippen LogP) is 3.11. The normalized spacial score (nSPS) is 18.3. The molecule has 0 spiro atoms. The van der Waals surface area contributed by atoms with Gasteiger partial charge in [0, 0.05) is 22.2 Å². The molecule has 0 unspecified atom stereocenters. The zero-order valence-electron chi connectivity index (χ0n) is 8.47. The van der Waals surface area contributed by atoms with Crippen molar-refractivity contribution in [3.8, 4) is 0 Å². The van der Waals surface area contributed by atoms with Gasteiger partial charge in [0.05, 0.1) is 10.6 Å². The van der Waals surface area contributed by atoms with Gasteiger partial charge < -0.3 is 10.1 Å². The Morgan fingerprint density at radius 2 is 2.13 bits per heavy atom. The number of aromatic nitrogens is 1. The Hall–Kier alpha value is -0.990. The van der Waals surface area contributed by atoms with E-state index in [4.69, 9.17) is 11.6 Å². The maximum absolute atomic E-state index is 10.1. The summed E-state index contributed by atoms with van der Waals surface area (Å²) >= 11 is 6.30. The largest absolute Gasteiger partial charge is 0.385 e. The summed E-state index contributed by atoms with van der Waals surface area (Å²) in [5.74, 6) is 0. The molecule has 1 saturated carbocycles. The van der Waals surface area contributed by atoms with Crippen molar-refractivity contribution in [2.45, 2.75) is 25.4 Å². The third-order valence-corrected chi connectivity index (χ3v) is 3.50. The number of rotatable bonds is 1. The smallest absolute Gasteiger partial charge is 0.0913 e.